The van der Waals surface area contributed by atoms with Gasteiger partial charge in [0.25, 0.3) is 0 Å². The Labute approximate surface area is 179 Å². The Hall–Kier alpha value is -1.67. The molecule has 0 heterocycles. The van der Waals surface area contributed by atoms with Gasteiger partial charge in [0.15, 0.2) is 5.96 Å². The van der Waals surface area contributed by atoms with E-state index in [2.05, 4.69) is 58.9 Å². The van der Waals surface area contributed by atoms with Crippen LogP contribution >= 0.6 is 24.0 Å². The fraction of sp³-hybridized carbons (Fsp3) is 0.381. The van der Waals surface area contributed by atoms with Crippen molar-refractivity contribution in [2.45, 2.75) is 18.9 Å². The molecule has 27 heavy (non-hydrogen) atoms. The van der Waals surface area contributed by atoms with Gasteiger partial charge < -0.3 is 15.5 Å². The average Bonchev–Trinajstić information content (AvgIpc) is 2.65. The van der Waals surface area contributed by atoms with Gasteiger partial charge >= 0.3 is 0 Å². The zero-order chi connectivity index (χ0) is 18.8. The van der Waals surface area contributed by atoms with Crippen molar-refractivity contribution in [1.29, 1.82) is 0 Å². The highest BCUT2D eigenvalue weighted by Gasteiger charge is 2.12. The summed E-state index contributed by atoms with van der Waals surface area (Å²) in [6, 6.07) is 17.5. The first-order valence-electron chi connectivity index (χ1n) is 8.98. The molecule has 2 N–H and O–H groups in total. The van der Waals surface area contributed by atoms with Crippen LogP contribution in [0.5, 0.6) is 0 Å². The van der Waals surface area contributed by atoms with E-state index in [0.717, 1.165) is 37.5 Å². The molecule has 1 unspecified atom stereocenters. The van der Waals surface area contributed by atoms with Crippen LogP contribution in [0.1, 0.15) is 11.1 Å². The Morgan fingerprint density at radius 1 is 1.00 bits per heavy atom. The molecule has 0 radical (unpaired) electrons. The molecular formula is C21H30FIN4. The summed E-state index contributed by atoms with van der Waals surface area (Å²) in [6.45, 7) is 1.55. The average molecular weight is 484 g/mol. The summed E-state index contributed by atoms with van der Waals surface area (Å²) >= 11 is 0. The van der Waals surface area contributed by atoms with Gasteiger partial charge in [-0.15, -0.1) is 24.0 Å². The maximum Gasteiger partial charge on any atom is 0.191 e. The third-order valence-electron chi connectivity index (χ3n) is 4.39. The van der Waals surface area contributed by atoms with Gasteiger partial charge in [0.05, 0.1) is 0 Å². The highest BCUT2D eigenvalue weighted by Crippen LogP contribution is 2.06. The van der Waals surface area contributed by atoms with E-state index in [4.69, 9.17) is 0 Å². The van der Waals surface area contributed by atoms with Crippen LogP contribution in [0.4, 0.5) is 4.39 Å². The summed E-state index contributed by atoms with van der Waals surface area (Å²) in [7, 11) is 5.97. The molecule has 0 saturated heterocycles. The summed E-state index contributed by atoms with van der Waals surface area (Å²) in [4.78, 5) is 6.52. The molecule has 0 saturated carbocycles. The molecule has 0 aliphatic rings. The Kier molecular flexibility index (Phi) is 11.0. The van der Waals surface area contributed by atoms with E-state index in [1.54, 1.807) is 7.05 Å². The summed E-state index contributed by atoms with van der Waals surface area (Å²) < 4.78 is 12.9. The lowest BCUT2D eigenvalue weighted by molar-refractivity contribution is 0.290. The van der Waals surface area contributed by atoms with Crippen molar-refractivity contribution < 1.29 is 4.39 Å². The number of hydrogen-bond acceptors (Lipinski definition) is 2. The molecule has 6 heteroatoms. The van der Waals surface area contributed by atoms with Gasteiger partial charge in [-0.1, -0.05) is 42.5 Å². The predicted molar refractivity (Wildman–Crippen MR) is 123 cm³/mol. The second kappa shape index (κ2) is 12.7. The van der Waals surface area contributed by atoms with Gasteiger partial charge in [-0.05, 0) is 50.2 Å². The number of benzene rings is 2. The second-order valence-corrected chi connectivity index (χ2v) is 6.56. The number of halogens is 2. The SMILES string of the molecule is CN=C(NCCc1ccc(F)cc1)NCC(Cc1ccccc1)N(C)C.I. The number of aliphatic imine (C=N–C) groups is 1. The normalized spacial score (nSPS) is 12.4. The molecule has 0 fully saturated rings. The fourth-order valence-electron chi connectivity index (χ4n) is 2.73. The minimum Gasteiger partial charge on any atom is -0.356 e. The van der Waals surface area contributed by atoms with E-state index in [0.29, 0.717) is 6.04 Å². The molecular weight excluding hydrogens is 454 g/mol. The number of likely N-dealkylation sites (N-methyl/N-ethyl adjacent to an activating group) is 1. The summed E-state index contributed by atoms with van der Waals surface area (Å²) in [5.41, 5.74) is 2.43. The number of hydrogen-bond donors (Lipinski definition) is 2. The van der Waals surface area contributed by atoms with Gasteiger partial charge in [0.2, 0.25) is 0 Å². The first-order valence-corrected chi connectivity index (χ1v) is 8.98. The maximum atomic E-state index is 12.9. The monoisotopic (exact) mass is 484 g/mol. The largest absolute Gasteiger partial charge is 0.356 e. The number of nitrogens with one attached hydrogen (secondary N) is 2. The summed E-state index contributed by atoms with van der Waals surface area (Å²) in [5, 5.41) is 6.72. The van der Waals surface area contributed by atoms with Gasteiger partial charge in [0.1, 0.15) is 5.82 Å². The fourth-order valence-corrected chi connectivity index (χ4v) is 2.73. The molecule has 0 aliphatic heterocycles. The highest BCUT2D eigenvalue weighted by molar-refractivity contribution is 14.0. The molecule has 2 aromatic carbocycles. The molecule has 2 aromatic rings. The molecule has 0 aliphatic carbocycles. The molecule has 0 aromatic heterocycles. The van der Waals surface area contributed by atoms with Crippen molar-refractivity contribution in [2.24, 2.45) is 4.99 Å². The van der Waals surface area contributed by atoms with Crippen LogP contribution in [-0.4, -0.2) is 51.1 Å². The van der Waals surface area contributed by atoms with E-state index < -0.39 is 0 Å². The van der Waals surface area contributed by atoms with E-state index in [-0.39, 0.29) is 29.8 Å². The van der Waals surface area contributed by atoms with Crippen LogP contribution in [0.3, 0.4) is 0 Å². The number of guanidine groups is 1. The Morgan fingerprint density at radius 2 is 1.67 bits per heavy atom. The highest BCUT2D eigenvalue weighted by atomic mass is 127. The predicted octanol–water partition coefficient (Wildman–Crippen LogP) is 3.32. The van der Waals surface area contributed by atoms with Gasteiger partial charge in [-0.3, -0.25) is 4.99 Å². The minimum atomic E-state index is -0.202. The van der Waals surface area contributed by atoms with Crippen LogP contribution < -0.4 is 10.6 Å². The molecule has 2 rings (SSSR count). The third kappa shape index (κ3) is 8.71. The molecule has 1 atom stereocenters. The molecule has 148 valence electrons. The van der Waals surface area contributed by atoms with E-state index in [9.17, 15) is 4.39 Å². The van der Waals surface area contributed by atoms with Gasteiger partial charge in [0, 0.05) is 26.2 Å². The van der Waals surface area contributed by atoms with Crippen LogP contribution in [0.25, 0.3) is 0 Å². The number of nitrogens with zero attached hydrogens (tertiary/aromatic N) is 2. The standard InChI is InChI=1S/C21H29FN4.HI/c1-23-21(24-14-13-17-9-11-19(22)12-10-17)25-16-20(26(2)3)15-18-7-5-4-6-8-18;/h4-12,20H,13-16H2,1-3H3,(H2,23,24,25);1H. The lowest BCUT2D eigenvalue weighted by Gasteiger charge is -2.25. The van der Waals surface area contributed by atoms with E-state index >= 15 is 0 Å². The van der Waals surface area contributed by atoms with Crippen molar-refractivity contribution >= 4 is 29.9 Å². The Bertz CT molecular complexity index is 674. The lowest BCUT2D eigenvalue weighted by Crippen LogP contribution is -2.46. The third-order valence-corrected chi connectivity index (χ3v) is 4.39. The van der Waals surface area contributed by atoms with Crippen LogP contribution in [-0.2, 0) is 12.8 Å². The van der Waals surface area contributed by atoms with Crippen LogP contribution in [0.15, 0.2) is 59.6 Å². The van der Waals surface area contributed by atoms with Crippen molar-refractivity contribution in [2.75, 3.05) is 34.2 Å². The summed E-state index contributed by atoms with van der Waals surface area (Å²) in [6.07, 6.45) is 1.80. The first kappa shape index (κ1) is 23.4. The van der Waals surface area contributed by atoms with E-state index in [1.807, 2.05) is 18.2 Å². The van der Waals surface area contributed by atoms with Gasteiger partial charge in [-0.25, -0.2) is 4.39 Å². The zero-order valence-corrected chi connectivity index (χ0v) is 18.6. The topological polar surface area (TPSA) is 39.7 Å². The maximum absolute atomic E-state index is 12.9. The smallest absolute Gasteiger partial charge is 0.191 e. The van der Waals surface area contributed by atoms with Crippen molar-refractivity contribution in [1.82, 2.24) is 15.5 Å². The van der Waals surface area contributed by atoms with Crippen molar-refractivity contribution in [3.8, 4) is 0 Å². The van der Waals surface area contributed by atoms with Crippen LogP contribution in [0, 0.1) is 5.82 Å². The molecule has 0 spiro atoms. The Morgan fingerprint density at radius 3 is 2.26 bits per heavy atom. The van der Waals surface area contributed by atoms with Crippen molar-refractivity contribution in [3.63, 3.8) is 0 Å². The molecule has 0 amide bonds. The molecule has 4 nitrogen and oxygen atoms in total. The van der Waals surface area contributed by atoms with Crippen LogP contribution in [0.2, 0.25) is 0 Å². The van der Waals surface area contributed by atoms with Crippen molar-refractivity contribution in [3.05, 3.63) is 71.5 Å². The van der Waals surface area contributed by atoms with E-state index in [1.165, 1.54) is 17.7 Å². The Balaban J connectivity index is 0.00000364. The first-order chi connectivity index (χ1) is 12.6. The lowest BCUT2D eigenvalue weighted by atomic mass is 10.1. The summed E-state index contributed by atoms with van der Waals surface area (Å²) in [5.74, 6) is 0.583. The quantitative estimate of drug-likeness (QED) is 0.343. The molecule has 0 bridgehead atoms. The van der Waals surface area contributed by atoms with Gasteiger partial charge in [-0.2, -0.15) is 0 Å². The minimum absolute atomic E-state index is 0. The second-order valence-electron chi connectivity index (χ2n) is 6.56. The number of rotatable bonds is 8. The zero-order valence-electron chi connectivity index (χ0n) is 16.3.